The van der Waals surface area contributed by atoms with Gasteiger partial charge in [0.05, 0.1) is 4.83 Å². The molecule has 0 bridgehead atoms. The predicted molar refractivity (Wildman–Crippen MR) is 69.2 cm³/mol. The second-order valence-electron chi connectivity index (χ2n) is 2.62. The van der Waals surface area contributed by atoms with E-state index in [1.807, 2.05) is 18.2 Å². The number of rotatable bonds is 2. The van der Waals surface area contributed by atoms with E-state index in [0.29, 0.717) is 0 Å². The molecule has 1 aromatic rings. The summed E-state index contributed by atoms with van der Waals surface area (Å²) in [4.78, 5) is 10.9. The minimum Gasteiger partial charge on any atom is -0.298 e. The zero-order valence-corrected chi connectivity index (χ0v) is 12.2. The fourth-order valence-corrected chi connectivity index (χ4v) is 2.64. The molecule has 0 aliphatic heterocycles. The third-order valence-corrected chi connectivity index (χ3v) is 5.27. The lowest BCUT2D eigenvalue weighted by atomic mass is 10.1. The molecule has 1 aromatic carbocycles. The average molecular weight is 418 g/mol. The molecule has 0 aliphatic rings. The lowest BCUT2D eigenvalue weighted by Crippen LogP contribution is -2.02. The fourth-order valence-electron chi connectivity index (χ4n) is 0.935. The molecule has 0 amide bonds. The van der Waals surface area contributed by atoms with Crippen LogP contribution in [0.1, 0.15) is 17.3 Å². The monoisotopic (exact) mass is 416 g/mol. The van der Waals surface area contributed by atoms with Gasteiger partial charge in [-0.15, -0.1) is 0 Å². The van der Waals surface area contributed by atoms with Crippen molar-refractivity contribution in [3.63, 3.8) is 0 Å². The Morgan fingerprint density at radius 2 is 2.15 bits per heavy atom. The van der Waals surface area contributed by atoms with Crippen LogP contribution in [0.25, 0.3) is 0 Å². The van der Waals surface area contributed by atoms with Gasteiger partial charge in [0.15, 0.2) is 0 Å². The highest BCUT2D eigenvalue weighted by atomic mass is 127. The number of benzene rings is 1. The first kappa shape index (κ1) is 11.7. The number of carbonyl (C=O) groups excluding carboxylic acids is 1. The summed E-state index contributed by atoms with van der Waals surface area (Å²) in [6.07, 6.45) is 0. The topological polar surface area (TPSA) is 17.1 Å². The summed E-state index contributed by atoms with van der Waals surface area (Å²) in [5.74, 6) is 0.114. The number of Topliss-reactive ketones (excluding diaryl/α,β-unsaturated/α-hetero) is 1. The highest BCUT2D eigenvalue weighted by Crippen LogP contribution is 2.33. The molecule has 4 heteroatoms. The Labute approximate surface area is 108 Å². The van der Waals surface area contributed by atoms with Crippen LogP contribution in [-0.2, 0) is 4.79 Å². The van der Waals surface area contributed by atoms with Crippen LogP contribution in [0.4, 0.5) is 0 Å². The molecule has 1 unspecified atom stereocenters. The first-order chi connectivity index (χ1) is 6.04. The van der Waals surface area contributed by atoms with Crippen molar-refractivity contribution in [3.8, 4) is 0 Å². The van der Waals surface area contributed by atoms with Gasteiger partial charge in [0.1, 0.15) is 5.78 Å². The van der Waals surface area contributed by atoms with Gasteiger partial charge in [-0.3, -0.25) is 4.79 Å². The third-order valence-electron chi connectivity index (χ3n) is 1.61. The normalized spacial score (nSPS) is 12.6. The Balaban J connectivity index is 3.15. The van der Waals surface area contributed by atoms with Crippen molar-refractivity contribution in [2.24, 2.45) is 0 Å². The molecule has 0 aliphatic carbocycles. The molecule has 0 spiro atoms. The smallest absolute Gasteiger partial charge is 0.147 e. The molecule has 1 atom stereocenters. The van der Waals surface area contributed by atoms with E-state index in [-0.39, 0.29) is 10.6 Å². The van der Waals surface area contributed by atoms with Crippen molar-refractivity contribution in [1.82, 2.24) is 0 Å². The quantitative estimate of drug-likeness (QED) is 0.523. The Hall–Kier alpha value is 0.580. The summed E-state index contributed by atoms with van der Waals surface area (Å²) < 4.78 is 2.11. The zero-order chi connectivity index (χ0) is 10.0. The van der Waals surface area contributed by atoms with E-state index in [1.165, 1.54) is 0 Å². The summed E-state index contributed by atoms with van der Waals surface area (Å²) in [6.45, 7) is 1.58. The maximum absolute atomic E-state index is 11.1. The molecule has 1 rings (SSSR count). The van der Waals surface area contributed by atoms with Gasteiger partial charge in [-0.05, 0) is 57.1 Å². The second kappa shape index (κ2) is 4.89. The second-order valence-corrected chi connectivity index (χ2v) is 5.49. The lowest BCUT2D eigenvalue weighted by Gasteiger charge is -2.09. The van der Waals surface area contributed by atoms with Crippen molar-refractivity contribution in [2.45, 2.75) is 11.8 Å². The summed E-state index contributed by atoms with van der Waals surface area (Å²) in [5, 5.41) is 0. The molecule has 0 radical (unpaired) electrons. The number of halogens is 3. The molecule has 1 nitrogen and oxygen atoms in total. The summed E-state index contributed by atoms with van der Waals surface area (Å²) >= 11 is 9.04. The number of carbonyl (C=O) groups is 1. The minimum atomic E-state index is -0.211. The standard InChI is InChI=1S/C9H7Br2IO/c1-5(13)8(10)6-3-2-4-7(12)9(6)11/h2-4,8H,1H3. The van der Waals surface area contributed by atoms with Crippen LogP contribution in [0.15, 0.2) is 22.7 Å². The fraction of sp³-hybridized carbons (Fsp3) is 0.222. The van der Waals surface area contributed by atoms with E-state index in [9.17, 15) is 4.79 Å². The highest BCUT2D eigenvalue weighted by Gasteiger charge is 2.16. The maximum atomic E-state index is 11.1. The molecule has 0 fully saturated rings. The van der Waals surface area contributed by atoms with Crippen LogP contribution >= 0.6 is 54.5 Å². The third kappa shape index (κ3) is 2.76. The lowest BCUT2D eigenvalue weighted by molar-refractivity contribution is -0.116. The van der Waals surface area contributed by atoms with Gasteiger partial charge in [0.2, 0.25) is 0 Å². The molecule has 0 aromatic heterocycles. The maximum Gasteiger partial charge on any atom is 0.147 e. The van der Waals surface area contributed by atoms with Gasteiger partial charge in [-0.1, -0.05) is 28.1 Å². The summed E-state index contributed by atoms with van der Waals surface area (Å²) in [7, 11) is 0. The number of hydrogen-bond donors (Lipinski definition) is 0. The van der Waals surface area contributed by atoms with Crippen molar-refractivity contribution >= 4 is 60.2 Å². The van der Waals surface area contributed by atoms with Crippen molar-refractivity contribution in [1.29, 1.82) is 0 Å². The van der Waals surface area contributed by atoms with E-state index in [2.05, 4.69) is 54.5 Å². The van der Waals surface area contributed by atoms with Gasteiger partial charge in [-0.2, -0.15) is 0 Å². The van der Waals surface area contributed by atoms with E-state index in [4.69, 9.17) is 0 Å². The molecule has 0 saturated carbocycles. The Morgan fingerprint density at radius 3 is 2.69 bits per heavy atom. The van der Waals surface area contributed by atoms with Crippen molar-refractivity contribution in [2.75, 3.05) is 0 Å². The van der Waals surface area contributed by atoms with E-state index < -0.39 is 0 Å². The molecular formula is C9H7Br2IO. The van der Waals surface area contributed by atoms with Gasteiger partial charge in [0.25, 0.3) is 0 Å². The molecule has 0 N–H and O–H groups in total. The summed E-state index contributed by atoms with van der Waals surface area (Å²) in [6, 6.07) is 5.88. The van der Waals surface area contributed by atoms with Gasteiger partial charge >= 0.3 is 0 Å². The van der Waals surface area contributed by atoms with Crippen LogP contribution in [0.3, 0.4) is 0 Å². The number of ketones is 1. The van der Waals surface area contributed by atoms with Gasteiger partial charge in [0, 0.05) is 8.04 Å². The van der Waals surface area contributed by atoms with Crippen molar-refractivity contribution < 1.29 is 4.79 Å². The van der Waals surface area contributed by atoms with Crippen molar-refractivity contribution in [3.05, 3.63) is 31.8 Å². The van der Waals surface area contributed by atoms with Crippen LogP contribution in [0, 0.1) is 3.57 Å². The highest BCUT2D eigenvalue weighted by molar-refractivity contribution is 14.1. The number of alkyl halides is 1. The Morgan fingerprint density at radius 1 is 1.54 bits per heavy atom. The number of hydrogen-bond acceptors (Lipinski definition) is 1. The van der Waals surface area contributed by atoms with Crippen LogP contribution in [0.2, 0.25) is 0 Å². The van der Waals surface area contributed by atoms with Crippen LogP contribution in [-0.4, -0.2) is 5.78 Å². The summed E-state index contributed by atoms with van der Waals surface area (Å²) in [5.41, 5.74) is 0.986. The molecular weight excluding hydrogens is 411 g/mol. The molecule has 0 heterocycles. The largest absolute Gasteiger partial charge is 0.298 e. The zero-order valence-electron chi connectivity index (χ0n) is 6.85. The SMILES string of the molecule is CC(=O)C(Br)c1cccc(I)c1Br. The first-order valence-electron chi connectivity index (χ1n) is 3.62. The molecule has 13 heavy (non-hydrogen) atoms. The van der Waals surface area contributed by atoms with Crippen LogP contribution < -0.4 is 0 Å². The van der Waals surface area contributed by atoms with Gasteiger partial charge in [-0.25, -0.2) is 0 Å². The minimum absolute atomic E-state index is 0.114. The average Bonchev–Trinajstić information content (AvgIpc) is 2.08. The first-order valence-corrected chi connectivity index (χ1v) is 6.41. The van der Waals surface area contributed by atoms with Gasteiger partial charge < -0.3 is 0 Å². The molecule has 70 valence electrons. The predicted octanol–water partition coefficient (Wildman–Crippen LogP) is 4.08. The van der Waals surface area contributed by atoms with E-state index in [1.54, 1.807) is 6.92 Å². The Kier molecular flexibility index (Phi) is 4.38. The molecule has 0 saturated heterocycles. The van der Waals surface area contributed by atoms with E-state index in [0.717, 1.165) is 13.6 Å². The Bertz CT molecular complexity index is 338. The van der Waals surface area contributed by atoms with Crippen LogP contribution in [0.5, 0.6) is 0 Å². The van der Waals surface area contributed by atoms with E-state index >= 15 is 0 Å².